The van der Waals surface area contributed by atoms with E-state index < -0.39 is 23.9 Å². The Balaban J connectivity index is 1.80. The highest BCUT2D eigenvalue weighted by atomic mass is 16.5. The molecule has 11 nitrogen and oxygen atoms in total. The largest absolute Gasteiger partial charge is 0.491 e. The number of benzene rings is 1. The van der Waals surface area contributed by atoms with Crippen LogP contribution < -0.4 is 20.7 Å². The normalized spacial score (nSPS) is 19.4. The van der Waals surface area contributed by atoms with Gasteiger partial charge in [-0.1, -0.05) is 26.0 Å². The van der Waals surface area contributed by atoms with E-state index in [9.17, 15) is 19.2 Å². The number of nitrogens with one attached hydrogen (secondary N) is 3. The number of carbonyl (C=O) groups excluding carboxylic acids is 4. The molecule has 0 fully saturated rings. The van der Waals surface area contributed by atoms with E-state index in [1.165, 1.54) is 4.90 Å². The third kappa shape index (κ3) is 7.58. The van der Waals surface area contributed by atoms with Crippen molar-refractivity contribution in [1.29, 1.82) is 0 Å². The fourth-order valence-electron chi connectivity index (χ4n) is 4.57. The van der Waals surface area contributed by atoms with E-state index in [0.717, 1.165) is 17.0 Å². The van der Waals surface area contributed by atoms with Crippen LogP contribution in [-0.2, 0) is 27.9 Å². The van der Waals surface area contributed by atoms with E-state index in [4.69, 9.17) is 4.74 Å². The van der Waals surface area contributed by atoms with Crippen LogP contribution in [-0.4, -0.2) is 77.1 Å². The molecule has 0 saturated heterocycles. The van der Waals surface area contributed by atoms with E-state index in [2.05, 4.69) is 21.0 Å². The second-order valence-corrected chi connectivity index (χ2v) is 10.3. The van der Waals surface area contributed by atoms with Gasteiger partial charge in [-0.05, 0) is 50.3 Å². The highest BCUT2D eigenvalue weighted by Crippen LogP contribution is 2.19. The molecule has 3 rings (SSSR count). The number of ether oxygens (including phenoxy) is 1. The monoisotopic (exact) mass is 540 g/mol. The van der Waals surface area contributed by atoms with Crippen LogP contribution in [0.1, 0.15) is 54.0 Å². The number of hydrogen-bond donors (Lipinski definition) is 3. The first-order valence-corrected chi connectivity index (χ1v) is 13.3. The summed E-state index contributed by atoms with van der Waals surface area (Å²) in [5.41, 5.74) is 3.26. The molecule has 0 unspecified atom stereocenters. The number of rotatable bonds is 5. The van der Waals surface area contributed by atoms with Crippen LogP contribution in [0, 0.1) is 19.8 Å². The van der Waals surface area contributed by atoms with E-state index in [0.29, 0.717) is 18.7 Å². The van der Waals surface area contributed by atoms with Crippen molar-refractivity contribution in [3.8, 4) is 5.75 Å². The van der Waals surface area contributed by atoms with E-state index in [-0.39, 0.29) is 49.3 Å². The summed E-state index contributed by atoms with van der Waals surface area (Å²) in [6, 6.07) is 5.06. The van der Waals surface area contributed by atoms with Gasteiger partial charge in [0.1, 0.15) is 24.4 Å². The summed E-state index contributed by atoms with van der Waals surface area (Å²) >= 11 is 0. The lowest BCUT2D eigenvalue weighted by atomic mass is 10.0. The highest BCUT2D eigenvalue weighted by molar-refractivity contribution is 5.99. The molecule has 0 saturated carbocycles. The topological polar surface area (TPSA) is 135 Å². The Labute approximate surface area is 229 Å². The summed E-state index contributed by atoms with van der Waals surface area (Å²) in [4.78, 5) is 53.9. The number of hydrogen-bond acceptors (Lipinski definition) is 6. The quantitative estimate of drug-likeness (QED) is 0.523. The van der Waals surface area contributed by atoms with Crippen LogP contribution in [0.4, 0.5) is 0 Å². The van der Waals surface area contributed by atoms with Gasteiger partial charge >= 0.3 is 0 Å². The average molecular weight is 541 g/mol. The van der Waals surface area contributed by atoms with Crippen LogP contribution in [0.5, 0.6) is 5.75 Å². The van der Waals surface area contributed by atoms with Crippen LogP contribution in [0.15, 0.2) is 24.3 Å². The van der Waals surface area contributed by atoms with Crippen molar-refractivity contribution in [1.82, 2.24) is 30.6 Å². The van der Waals surface area contributed by atoms with Gasteiger partial charge in [-0.15, -0.1) is 0 Å². The molecule has 212 valence electrons. The zero-order valence-corrected chi connectivity index (χ0v) is 23.7. The Bertz CT molecular complexity index is 1210. The van der Waals surface area contributed by atoms with Crippen LogP contribution in [0.3, 0.4) is 0 Å². The van der Waals surface area contributed by atoms with Crippen molar-refractivity contribution >= 4 is 23.6 Å². The summed E-state index contributed by atoms with van der Waals surface area (Å²) in [7, 11) is 3.53. The van der Waals surface area contributed by atoms with Gasteiger partial charge in [-0.25, -0.2) is 0 Å². The molecule has 2 atom stereocenters. The molecule has 2 heterocycles. The zero-order chi connectivity index (χ0) is 28.7. The molecule has 4 amide bonds. The molecule has 39 heavy (non-hydrogen) atoms. The summed E-state index contributed by atoms with van der Waals surface area (Å²) in [6.45, 7) is 8.40. The Morgan fingerprint density at radius 1 is 1.15 bits per heavy atom. The first-order chi connectivity index (χ1) is 18.5. The smallest absolute Gasteiger partial charge is 0.255 e. The predicted octanol–water partition coefficient (Wildman–Crippen LogP) is 1.27. The van der Waals surface area contributed by atoms with Crippen LogP contribution in [0.2, 0.25) is 0 Å². The SMILES string of the molecule is Cc1nn(C)c(C)c1CCNC(=O)[C@@H]1CCC(=O)N[C@H](C(C)C)C(=O)N(C)CCOc2ccccc2C(=O)N1. The lowest BCUT2D eigenvalue weighted by molar-refractivity contribution is -0.137. The van der Waals surface area contributed by atoms with E-state index >= 15 is 0 Å². The fourth-order valence-corrected chi connectivity index (χ4v) is 4.57. The molecule has 1 aromatic heterocycles. The lowest BCUT2D eigenvalue weighted by Gasteiger charge is -2.27. The molecule has 1 aromatic carbocycles. The highest BCUT2D eigenvalue weighted by Gasteiger charge is 2.29. The van der Waals surface area contributed by atoms with Crippen molar-refractivity contribution in [2.24, 2.45) is 13.0 Å². The zero-order valence-electron chi connectivity index (χ0n) is 23.7. The molecule has 11 heteroatoms. The number of aryl methyl sites for hydroxylation is 2. The van der Waals surface area contributed by atoms with Crippen molar-refractivity contribution in [2.45, 2.75) is 59.0 Å². The van der Waals surface area contributed by atoms with Gasteiger partial charge < -0.3 is 25.6 Å². The molecule has 0 radical (unpaired) electrons. The number of carbonyl (C=O) groups is 4. The number of amides is 4. The Morgan fingerprint density at radius 2 is 1.87 bits per heavy atom. The van der Waals surface area contributed by atoms with Crippen molar-refractivity contribution < 1.29 is 23.9 Å². The Hall–Kier alpha value is -3.89. The van der Waals surface area contributed by atoms with Gasteiger partial charge in [0.05, 0.1) is 17.8 Å². The van der Waals surface area contributed by atoms with Gasteiger partial charge in [0.2, 0.25) is 17.7 Å². The molecule has 0 bridgehead atoms. The number of fused-ring (bicyclic) bond motifs is 1. The number of nitrogens with zero attached hydrogens (tertiary/aromatic N) is 3. The maximum absolute atomic E-state index is 13.2. The van der Waals surface area contributed by atoms with E-state index in [1.807, 2.05) is 34.7 Å². The Kier molecular flexibility index (Phi) is 10.1. The summed E-state index contributed by atoms with van der Waals surface area (Å²) in [5.74, 6) is -1.26. The third-order valence-corrected chi connectivity index (χ3v) is 7.06. The minimum atomic E-state index is -0.964. The molecule has 2 aromatic rings. The molecule has 1 aliphatic rings. The summed E-state index contributed by atoms with van der Waals surface area (Å²) < 4.78 is 7.66. The lowest BCUT2D eigenvalue weighted by Crippen LogP contribution is -2.51. The van der Waals surface area contributed by atoms with Gasteiger partial charge in [0.25, 0.3) is 5.91 Å². The van der Waals surface area contributed by atoms with Crippen LogP contribution in [0.25, 0.3) is 0 Å². The van der Waals surface area contributed by atoms with Gasteiger partial charge in [0, 0.05) is 32.8 Å². The standard InChI is InChI=1S/C28H40N6O5/c1-17(2)25-28(38)33(5)15-16-39-23-10-8-7-9-21(23)26(36)30-22(11-12-24(35)31-25)27(37)29-14-13-20-18(3)32-34(6)19(20)4/h7-10,17,22,25H,11-16H2,1-6H3,(H,29,37)(H,30,36)(H,31,35)/t22-,25+/m0/s1. The predicted molar refractivity (Wildman–Crippen MR) is 146 cm³/mol. The van der Waals surface area contributed by atoms with Gasteiger partial charge in [0.15, 0.2) is 0 Å². The number of likely N-dealkylation sites (N-methyl/N-ethyl adjacent to an activating group) is 1. The molecule has 3 N–H and O–H groups in total. The van der Waals surface area contributed by atoms with Crippen molar-refractivity contribution in [3.05, 3.63) is 46.8 Å². The second kappa shape index (κ2) is 13.3. The average Bonchev–Trinajstić information content (AvgIpc) is 3.14. The van der Waals surface area contributed by atoms with Crippen LogP contribution >= 0.6 is 0 Å². The fraction of sp³-hybridized carbons (Fsp3) is 0.536. The molecule has 0 spiro atoms. The maximum atomic E-state index is 13.2. The molecule has 1 aliphatic heterocycles. The second-order valence-electron chi connectivity index (χ2n) is 10.3. The number of aromatic nitrogens is 2. The van der Waals surface area contributed by atoms with Crippen molar-refractivity contribution in [2.75, 3.05) is 26.7 Å². The third-order valence-electron chi connectivity index (χ3n) is 7.06. The first-order valence-electron chi connectivity index (χ1n) is 13.3. The van der Waals surface area contributed by atoms with Gasteiger partial charge in [-0.2, -0.15) is 5.10 Å². The first kappa shape index (κ1) is 29.7. The van der Waals surface area contributed by atoms with Gasteiger partial charge in [-0.3, -0.25) is 23.9 Å². The summed E-state index contributed by atoms with van der Waals surface area (Å²) in [6.07, 6.45) is 0.602. The molecular weight excluding hydrogens is 500 g/mol. The number of para-hydroxylation sites is 1. The minimum Gasteiger partial charge on any atom is -0.491 e. The summed E-state index contributed by atoms with van der Waals surface area (Å²) in [5, 5.41) is 12.9. The van der Waals surface area contributed by atoms with E-state index in [1.54, 1.807) is 36.0 Å². The van der Waals surface area contributed by atoms with Crippen molar-refractivity contribution in [3.63, 3.8) is 0 Å². The Morgan fingerprint density at radius 3 is 2.54 bits per heavy atom. The molecule has 0 aliphatic carbocycles. The minimum absolute atomic E-state index is 0.0441. The maximum Gasteiger partial charge on any atom is 0.255 e. The molecular formula is C28H40N6O5.